The summed E-state index contributed by atoms with van der Waals surface area (Å²) < 4.78 is 10.7. The predicted octanol–water partition coefficient (Wildman–Crippen LogP) is 5.26. The van der Waals surface area contributed by atoms with Crippen LogP contribution in [0.1, 0.15) is 65.3 Å². The first-order valence-electron chi connectivity index (χ1n) is 12.6. The molecule has 0 aromatic heterocycles. The lowest BCUT2D eigenvalue weighted by Crippen LogP contribution is -2.53. The molecule has 0 radical (unpaired) electrons. The standard InChI is InChI=1S/C28H36N2O4S/c1-4-5-6-7-21-8-10-22(11-9-21)26(31)29-14-12-28(13-15-29)30(16-17-35-28)27(32)23-18-24(33-2)20-25(19-23)34-3/h8-11,18-20H,4-7,12-17H2,1-3H3. The van der Waals surface area contributed by atoms with Crippen molar-refractivity contribution in [3.8, 4) is 11.5 Å². The van der Waals surface area contributed by atoms with Crippen molar-refractivity contribution < 1.29 is 19.1 Å². The number of ether oxygens (including phenoxy) is 2. The van der Waals surface area contributed by atoms with Gasteiger partial charge in [0.1, 0.15) is 11.5 Å². The van der Waals surface area contributed by atoms with Gasteiger partial charge in [-0.2, -0.15) is 0 Å². The minimum Gasteiger partial charge on any atom is -0.497 e. The smallest absolute Gasteiger partial charge is 0.255 e. The Morgan fingerprint density at radius 2 is 1.54 bits per heavy atom. The number of hydrogen-bond acceptors (Lipinski definition) is 5. The summed E-state index contributed by atoms with van der Waals surface area (Å²) in [7, 11) is 3.17. The molecule has 6 nitrogen and oxygen atoms in total. The predicted molar refractivity (Wildman–Crippen MR) is 141 cm³/mol. The van der Waals surface area contributed by atoms with Gasteiger partial charge in [0.15, 0.2) is 0 Å². The van der Waals surface area contributed by atoms with Crippen LogP contribution >= 0.6 is 11.8 Å². The summed E-state index contributed by atoms with van der Waals surface area (Å²) in [5.74, 6) is 2.18. The molecular formula is C28H36N2O4S. The zero-order chi connectivity index (χ0) is 24.8. The number of piperidine rings is 1. The third-order valence-electron chi connectivity index (χ3n) is 7.12. The third-order valence-corrected chi connectivity index (χ3v) is 8.68. The monoisotopic (exact) mass is 496 g/mol. The van der Waals surface area contributed by atoms with E-state index in [0.717, 1.165) is 30.6 Å². The molecule has 0 saturated carbocycles. The van der Waals surface area contributed by atoms with E-state index in [2.05, 4.69) is 19.1 Å². The van der Waals surface area contributed by atoms with Gasteiger partial charge >= 0.3 is 0 Å². The first-order chi connectivity index (χ1) is 17.0. The number of thioether (sulfide) groups is 1. The van der Waals surface area contributed by atoms with Crippen LogP contribution in [0.15, 0.2) is 42.5 Å². The average Bonchev–Trinajstić information content (AvgIpc) is 3.31. The maximum atomic E-state index is 13.5. The number of hydrogen-bond donors (Lipinski definition) is 0. The Hall–Kier alpha value is -2.67. The zero-order valence-electron chi connectivity index (χ0n) is 21.0. The Morgan fingerprint density at radius 1 is 0.886 bits per heavy atom. The first-order valence-corrected chi connectivity index (χ1v) is 13.6. The summed E-state index contributed by atoms with van der Waals surface area (Å²) in [6.45, 7) is 4.21. The zero-order valence-corrected chi connectivity index (χ0v) is 21.9. The van der Waals surface area contributed by atoms with Crippen molar-refractivity contribution in [2.24, 2.45) is 0 Å². The van der Waals surface area contributed by atoms with Crippen LogP contribution in [0.3, 0.4) is 0 Å². The van der Waals surface area contributed by atoms with E-state index in [1.165, 1.54) is 24.8 Å². The van der Waals surface area contributed by atoms with Crippen LogP contribution in [0.25, 0.3) is 0 Å². The van der Waals surface area contributed by atoms with E-state index in [4.69, 9.17) is 9.47 Å². The highest BCUT2D eigenvalue weighted by Crippen LogP contribution is 2.45. The molecule has 0 N–H and O–H groups in total. The molecular weight excluding hydrogens is 460 g/mol. The van der Waals surface area contributed by atoms with Gasteiger partial charge in [-0.1, -0.05) is 31.9 Å². The van der Waals surface area contributed by atoms with Gasteiger partial charge in [0.25, 0.3) is 11.8 Å². The van der Waals surface area contributed by atoms with Crippen molar-refractivity contribution >= 4 is 23.6 Å². The number of carbonyl (C=O) groups is 2. The average molecular weight is 497 g/mol. The molecule has 35 heavy (non-hydrogen) atoms. The number of aryl methyl sites for hydroxylation is 1. The van der Waals surface area contributed by atoms with Gasteiger partial charge in [0, 0.05) is 42.6 Å². The maximum absolute atomic E-state index is 13.5. The number of unbranched alkanes of at least 4 members (excludes halogenated alkanes) is 2. The minimum atomic E-state index is -0.271. The molecule has 2 aliphatic rings. The van der Waals surface area contributed by atoms with Crippen LogP contribution in [0.4, 0.5) is 0 Å². The van der Waals surface area contributed by atoms with Gasteiger partial charge in [-0.05, 0) is 55.5 Å². The minimum absolute atomic E-state index is 0.00867. The van der Waals surface area contributed by atoms with E-state index in [-0.39, 0.29) is 16.7 Å². The fourth-order valence-corrected chi connectivity index (χ4v) is 6.49. The topological polar surface area (TPSA) is 59.1 Å². The summed E-state index contributed by atoms with van der Waals surface area (Å²) in [4.78, 5) is 30.4. The number of nitrogens with zero attached hydrogens (tertiary/aromatic N) is 2. The van der Waals surface area contributed by atoms with Gasteiger partial charge in [-0.25, -0.2) is 0 Å². The molecule has 1 spiro atoms. The van der Waals surface area contributed by atoms with Crippen LogP contribution < -0.4 is 9.47 Å². The summed E-state index contributed by atoms with van der Waals surface area (Å²) in [6.07, 6.45) is 6.24. The molecule has 2 amide bonds. The van der Waals surface area contributed by atoms with Crippen molar-refractivity contribution in [2.45, 2.75) is 50.3 Å². The number of methoxy groups -OCH3 is 2. The Labute approximate surface area is 213 Å². The van der Waals surface area contributed by atoms with Gasteiger partial charge < -0.3 is 19.3 Å². The highest BCUT2D eigenvalue weighted by atomic mass is 32.2. The lowest BCUT2D eigenvalue weighted by Gasteiger charge is -2.44. The molecule has 0 atom stereocenters. The van der Waals surface area contributed by atoms with E-state index in [1.807, 2.05) is 33.7 Å². The molecule has 2 fully saturated rings. The number of amides is 2. The summed E-state index contributed by atoms with van der Waals surface area (Å²) in [6, 6.07) is 13.4. The van der Waals surface area contributed by atoms with Crippen molar-refractivity contribution in [3.05, 3.63) is 59.2 Å². The maximum Gasteiger partial charge on any atom is 0.255 e. The van der Waals surface area contributed by atoms with E-state index in [0.29, 0.717) is 36.7 Å². The molecule has 0 bridgehead atoms. The van der Waals surface area contributed by atoms with Gasteiger partial charge in [0.05, 0.1) is 19.1 Å². The molecule has 2 aliphatic heterocycles. The molecule has 4 rings (SSSR count). The van der Waals surface area contributed by atoms with Crippen LogP contribution in [0.2, 0.25) is 0 Å². The van der Waals surface area contributed by atoms with Crippen LogP contribution in [0, 0.1) is 0 Å². The summed E-state index contributed by atoms with van der Waals surface area (Å²) >= 11 is 1.84. The highest BCUT2D eigenvalue weighted by Gasteiger charge is 2.47. The Balaban J connectivity index is 1.41. The third kappa shape index (κ3) is 5.61. The Morgan fingerprint density at radius 3 is 2.14 bits per heavy atom. The van der Waals surface area contributed by atoms with Gasteiger partial charge in [0.2, 0.25) is 0 Å². The molecule has 7 heteroatoms. The SMILES string of the molecule is CCCCCc1ccc(C(=O)N2CCC3(CC2)SCCN3C(=O)c2cc(OC)cc(OC)c2)cc1. The lowest BCUT2D eigenvalue weighted by atomic mass is 9.99. The summed E-state index contributed by atoms with van der Waals surface area (Å²) in [5, 5.41) is 0. The van der Waals surface area contributed by atoms with Gasteiger partial charge in [-0.15, -0.1) is 11.8 Å². The number of rotatable bonds is 8. The van der Waals surface area contributed by atoms with Crippen molar-refractivity contribution in [2.75, 3.05) is 39.6 Å². The van der Waals surface area contributed by atoms with Crippen molar-refractivity contribution in [3.63, 3.8) is 0 Å². The Bertz CT molecular complexity index is 1010. The molecule has 2 aromatic carbocycles. The molecule has 188 valence electrons. The van der Waals surface area contributed by atoms with E-state index >= 15 is 0 Å². The second-order valence-electron chi connectivity index (χ2n) is 9.30. The quantitative estimate of drug-likeness (QED) is 0.467. The first kappa shape index (κ1) is 25.4. The molecule has 2 heterocycles. The number of benzene rings is 2. The highest BCUT2D eigenvalue weighted by molar-refractivity contribution is 8.00. The van der Waals surface area contributed by atoms with E-state index in [1.54, 1.807) is 32.4 Å². The normalized spacial score (nSPS) is 17.0. The fraction of sp³-hybridized carbons (Fsp3) is 0.500. The van der Waals surface area contributed by atoms with Crippen molar-refractivity contribution in [1.29, 1.82) is 0 Å². The second kappa shape index (κ2) is 11.4. The van der Waals surface area contributed by atoms with E-state index in [9.17, 15) is 9.59 Å². The summed E-state index contributed by atoms with van der Waals surface area (Å²) in [5.41, 5.74) is 2.61. The van der Waals surface area contributed by atoms with E-state index < -0.39 is 0 Å². The Kier molecular flexibility index (Phi) is 8.26. The van der Waals surface area contributed by atoms with Crippen LogP contribution in [0.5, 0.6) is 11.5 Å². The molecule has 0 unspecified atom stereocenters. The lowest BCUT2D eigenvalue weighted by molar-refractivity contribution is 0.0497. The molecule has 2 saturated heterocycles. The molecule has 0 aliphatic carbocycles. The number of likely N-dealkylation sites (tertiary alicyclic amines) is 1. The van der Waals surface area contributed by atoms with Crippen LogP contribution in [-0.4, -0.2) is 66.1 Å². The van der Waals surface area contributed by atoms with Gasteiger partial charge in [-0.3, -0.25) is 9.59 Å². The largest absolute Gasteiger partial charge is 0.497 e. The van der Waals surface area contributed by atoms with Crippen molar-refractivity contribution in [1.82, 2.24) is 9.80 Å². The fourth-order valence-electron chi connectivity index (χ4n) is 5.03. The second-order valence-corrected chi connectivity index (χ2v) is 10.8. The molecule has 2 aromatic rings. The van der Waals surface area contributed by atoms with Crippen LogP contribution in [-0.2, 0) is 6.42 Å². The number of carbonyl (C=O) groups excluding carboxylic acids is 2.